The molecule has 8 heteroatoms. The molecule has 6 nitrogen and oxygen atoms in total. The second kappa shape index (κ2) is 8.53. The van der Waals surface area contributed by atoms with E-state index in [4.69, 9.17) is 9.97 Å². The summed E-state index contributed by atoms with van der Waals surface area (Å²) >= 11 is 0. The molecule has 3 aliphatic rings. The summed E-state index contributed by atoms with van der Waals surface area (Å²) in [6, 6.07) is 16.0. The van der Waals surface area contributed by atoms with Gasteiger partial charge in [-0.05, 0) is 101 Å². The maximum absolute atomic E-state index is 11.0. The third-order valence-corrected chi connectivity index (χ3v) is 9.57. The molecule has 38 heavy (non-hydrogen) atoms. The van der Waals surface area contributed by atoms with Gasteiger partial charge >= 0.3 is 0 Å². The Morgan fingerprint density at radius 2 is 0.974 bits per heavy atom. The van der Waals surface area contributed by atoms with E-state index in [-0.39, 0.29) is 17.2 Å². The monoisotopic (exact) mass is 534 g/mol. The number of carbonyl (C=O) groups excluding carboxylic acids is 2. The molecule has 2 unspecified atom stereocenters. The third-order valence-electron chi connectivity index (χ3n) is 8.31. The highest BCUT2D eigenvalue weighted by molar-refractivity contribution is 7.62. The van der Waals surface area contributed by atoms with E-state index in [1.165, 1.54) is 55.3 Å². The van der Waals surface area contributed by atoms with E-state index in [9.17, 15) is 9.59 Å². The lowest BCUT2D eigenvalue weighted by molar-refractivity contribution is 0.569. The number of aromatic amines is 2. The van der Waals surface area contributed by atoms with Gasteiger partial charge in [0.15, 0.2) is 0 Å². The summed E-state index contributed by atoms with van der Waals surface area (Å²) in [5.74, 6) is 0. The van der Waals surface area contributed by atoms with Gasteiger partial charge in [-0.3, -0.25) is 9.59 Å². The van der Waals surface area contributed by atoms with Crippen LogP contribution in [0.25, 0.3) is 44.4 Å². The first-order valence-corrected chi connectivity index (χ1v) is 15.2. The SMILES string of the molecule is O=CPc1nc2c([nH]1)CCc1cc3c(cc1-2)CCc1cc2cc4c(cc2cc1-3)CCc1[nH]c(PC=O)nc1-4. The zero-order valence-electron chi connectivity index (χ0n) is 20.6. The first-order chi connectivity index (χ1) is 18.7. The van der Waals surface area contributed by atoms with Crippen molar-refractivity contribution >= 4 is 51.1 Å². The van der Waals surface area contributed by atoms with Crippen LogP contribution in [-0.2, 0) is 48.1 Å². The number of hydrogen-bond acceptors (Lipinski definition) is 4. The second-order valence-electron chi connectivity index (χ2n) is 10.4. The topological polar surface area (TPSA) is 91.5 Å². The van der Waals surface area contributed by atoms with E-state index in [0.717, 1.165) is 84.5 Å². The molecule has 0 bridgehead atoms. The Morgan fingerprint density at radius 1 is 0.553 bits per heavy atom. The molecule has 0 saturated carbocycles. The van der Waals surface area contributed by atoms with Crippen LogP contribution < -0.4 is 11.1 Å². The molecule has 0 fully saturated rings. The molecule has 2 aromatic heterocycles. The lowest BCUT2D eigenvalue weighted by Gasteiger charge is -2.25. The van der Waals surface area contributed by atoms with Gasteiger partial charge in [0.05, 0.1) is 11.4 Å². The van der Waals surface area contributed by atoms with Crippen molar-refractivity contribution in [2.45, 2.75) is 38.5 Å². The van der Waals surface area contributed by atoms with Crippen molar-refractivity contribution in [3.63, 3.8) is 0 Å². The average molecular weight is 534 g/mol. The maximum atomic E-state index is 11.0. The van der Waals surface area contributed by atoms with Gasteiger partial charge in [-0.15, -0.1) is 0 Å². The Kier molecular flexibility index (Phi) is 5.05. The van der Waals surface area contributed by atoms with Gasteiger partial charge in [0.2, 0.25) is 0 Å². The summed E-state index contributed by atoms with van der Waals surface area (Å²) in [7, 11) is 0.144. The molecule has 3 aliphatic carbocycles. The molecule has 0 saturated heterocycles. The molecule has 5 aromatic rings. The van der Waals surface area contributed by atoms with E-state index in [2.05, 4.69) is 46.4 Å². The minimum Gasteiger partial charge on any atom is -0.341 e. The quantitative estimate of drug-likeness (QED) is 0.261. The number of fused-ring (bicyclic) bond motifs is 10. The number of H-pyrrole nitrogens is 2. The Labute approximate surface area is 222 Å². The molecule has 0 amide bonds. The van der Waals surface area contributed by atoms with E-state index in [1.54, 1.807) is 0 Å². The fourth-order valence-corrected chi connectivity index (χ4v) is 7.59. The van der Waals surface area contributed by atoms with Crippen LogP contribution >= 0.6 is 17.2 Å². The number of nitrogens with one attached hydrogen (secondary N) is 2. The number of imidazole rings is 2. The number of hydrogen-bond donors (Lipinski definition) is 2. The molecule has 0 spiro atoms. The van der Waals surface area contributed by atoms with Gasteiger partial charge in [0.25, 0.3) is 0 Å². The fraction of sp³-hybridized carbons (Fsp3) is 0.200. The van der Waals surface area contributed by atoms with Crippen LogP contribution in [0.5, 0.6) is 0 Å². The number of carbonyl (C=O) groups is 2. The van der Waals surface area contributed by atoms with Crippen LogP contribution in [0.3, 0.4) is 0 Å². The predicted octanol–water partition coefficient (Wildman–Crippen LogP) is 4.57. The Balaban J connectivity index is 1.23. The summed E-state index contributed by atoms with van der Waals surface area (Å²) in [5.41, 5.74) is 16.5. The van der Waals surface area contributed by atoms with E-state index >= 15 is 0 Å². The molecule has 0 aliphatic heterocycles. The van der Waals surface area contributed by atoms with E-state index in [1.807, 2.05) is 0 Å². The summed E-state index contributed by atoms with van der Waals surface area (Å²) in [6.45, 7) is 0. The van der Waals surface area contributed by atoms with Crippen molar-refractivity contribution in [2.75, 3.05) is 0 Å². The van der Waals surface area contributed by atoms with Gasteiger partial charge in [-0.2, -0.15) is 0 Å². The standard InChI is InChI=1S/C30H24N4O2P2/c35-13-37-29-32-26-6-4-18-9-21-17(10-23(18)27(26)33-29)2-1-15-7-20-12-24-16(8-19(20)11-22(15)21)3-5-25-28(24)34-30(31-25)38-14-36/h7-14,37-38H,1-6H2,(H,31,34)(H,32,33). The highest BCUT2D eigenvalue weighted by Gasteiger charge is 2.26. The van der Waals surface area contributed by atoms with Crippen LogP contribution in [0.2, 0.25) is 0 Å². The molecule has 0 radical (unpaired) electrons. The predicted molar refractivity (Wildman–Crippen MR) is 156 cm³/mol. The van der Waals surface area contributed by atoms with Crippen LogP contribution in [-0.4, -0.2) is 32.0 Å². The van der Waals surface area contributed by atoms with Gasteiger partial charge in [-0.25, -0.2) is 9.97 Å². The van der Waals surface area contributed by atoms with Crippen molar-refractivity contribution in [1.29, 1.82) is 0 Å². The minimum absolute atomic E-state index is 0.0695. The lowest BCUT2D eigenvalue weighted by Crippen LogP contribution is -2.09. The van der Waals surface area contributed by atoms with Gasteiger partial charge in [0.1, 0.15) is 23.2 Å². The largest absolute Gasteiger partial charge is 0.341 e. The summed E-state index contributed by atoms with van der Waals surface area (Å²) < 4.78 is 0. The van der Waals surface area contributed by atoms with Crippen LogP contribution in [0.15, 0.2) is 36.4 Å². The van der Waals surface area contributed by atoms with Crippen molar-refractivity contribution in [3.05, 3.63) is 70.0 Å². The zero-order valence-corrected chi connectivity index (χ0v) is 22.6. The summed E-state index contributed by atoms with van der Waals surface area (Å²) in [6.07, 6.45) is 5.83. The maximum Gasteiger partial charge on any atom is 0.146 e. The Hall–Kier alpha value is -3.46. The average Bonchev–Trinajstić information content (AvgIpc) is 3.54. The molecular weight excluding hydrogens is 510 g/mol. The molecular formula is C30H24N4O2P2. The number of aromatic nitrogens is 4. The highest BCUT2D eigenvalue weighted by Crippen LogP contribution is 2.43. The fourth-order valence-electron chi connectivity index (χ4n) is 6.57. The normalized spacial score (nSPS) is 15.3. The molecule has 2 heterocycles. The number of rotatable bonds is 4. The third kappa shape index (κ3) is 3.40. The summed E-state index contributed by atoms with van der Waals surface area (Å²) in [4.78, 5) is 38.4. The van der Waals surface area contributed by atoms with Gasteiger partial charge in [-0.1, -0.05) is 18.2 Å². The molecule has 8 rings (SSSR count). The number of benzene rings is 3. The van der Waals surface area contributed by atoms with Crippen LogP contribution in [0.4, 0.5) is 0 Å². The van der Waals surface area contributed by atoms with Crippen molar-refractivity contribution in [3.8, 4) is 33.6 Å². The molecule has 2 N–H and O–H groups in total. The smallest absolute Gasteiger partial charge is 0.146 e. The number of aryl methyl sites for hydroxylation is 6. The zero-order chi connectivity index (χ0) is 25.4. The van der Waals surface area contributed by atoms with E-state index in [0.29, 0.717) is 0 Å². The minimum atomic E-state index is 0.0695. The Bertz CT molecular complexity index is 1830. The first kappa shape index (κ1) is 22.5. The molecule has 2 atom stereocenters. The van der Waals surface area contributed by atoms with Crippen LogP contribution in [0, 0.1) is 0 Å². The Morgan fingerprint density at radius 3 is 1.58 bits per heavy atom. The van der Waals surface area contributed by atoms with Crippen molar-refractivity contribution in [1.82, 2.24) is 19.9 Å². The molecule has 186 valence electrons. The first-order valence-electron chi connectivity index (χ1n) is 13.0. The second-order valence-corrected chi connectivity index (χ2v) is 12.4. The van der Waals surface area contributed by atoms with Crippen LogP contribution in [0.1, 0.15) is 33.6 Å². The van der Waals surface area contributed by atoms with Gasteiger partial charge in [0, 0.05) is 39.7 Å². The highest BCUT2D eigenvalue weighted by atomic mass is 31.1. The van der Waals surface area contributed by atoms with E-state index < -0.39 is 0 Å². The lowest BCUT2D eigenvalue weighted by atomic mass is 9.79. The molecule has 3 aromatic carbocycles. The van der Waals surface area contributed by atoms with Crippen molar-refractivity contribution < 1.29 is 9.59 Å². The number of nitrogens with zero attached hydrogens (tertiary/aromatic N) is 2. The van der Waals surface area contributed by atoms with Gasteiger partial charge < -0.3 is 9.97 Å². The summed E-state index contributed by atoms with van der Waals surface area (Å²) in [5, 5.41) is 2.53. The van der Waals surface area contributed by atoms with Crippen molar-refractivity contribution in [2.24, 2.45) is 0 Å².